The van der Waals surface area contributed by atoms with Crippen molar-refractivity contribution in [3.8, 4) is 11.5 Å². The first-order valence-electron chi connectivity index (χ1n) is 7.39. The predicted molar refractivity (Wildman–Crippen MR) is 82.7 cm³/mol. The maximum atomic E-state index is 12.7. The monoisotopic (exact) mass is 292 g/mol. The van der Waals surface area contributed by atoms with Crippen molar-refractivity contribution in [2.75, 3.05) is 26.1 Å². The fourth-order valence-corrected chi connectivity index (χ4v) is 2.91. The molecule has 0 bridgehead atoms. The first-order valence-corrected chi connectivity index (χ1v) is 7.39. The van der Waals surface area contributed by atoms with E-state index in [1.165, 1.54) is 6.42 Å². The number of rotatable bonds is 5. The minimum Gasteiger partial charge on any atom is -0.497 e. The molecule has 1 saturated carbocycles. The highest BCUT2D eigenvalue weighted by Crippen LogP contribution is 2.38. The van der Waals surface area contributed by atoms with Crippen molar-refractivity contribution < 1.29 is 14.3 Å². The Kier molecular flexibility index (Phi) is 5.07. The van der Waals surface area contributed by atoms with Crippen LogP contribution in [0, 0.1) is 5.41 Å². The van der Waals surface area contributed by atoms with E-state index >= 15 is 0 Å². The normalized spacial score (nSPS) is 17.1. The number of ether oxygens (including phenoxy) is 2. The second-order valence-corrected chi connectivity index (χ2v) is 5.57. The summed E-state index contributed by atoms with van der Waals surface area (Å²) in [5.41, 5.74) is 6.11. The molecule has 0 unspecified atom stereocenters. The van der Waals surface area contributed by atoms with Crippen molar-refractivity contribution >= 4 is 11.6 Å². The first kappa shape index (κ1) is 15.6. The third-order valence-electron chi connectivity index (χ3n) is 4.34. The molecule has 0 saturated heterocycles. The molecule has 0 aliphatic heterocycles. The number of hydrogen-bond acceptors (Lipinski definition) is 4. The van der Waals surface area contributed by atoms with Crippen LogP contribution in [0.15, 0.2) is 18.2 Å². The lowest BCUT2D eigenvalue weighted by Crippen LogP contribution is -2.43. The van der Waals surface area contributed by atoms with Gasteiger partial charge in [0.1, 0.15) is 11.5 Å². The molecule has 5 nitrogen and oxygen atoms in total. The van der Waals surface area contributed by atoms with Gasteiger partial charge in [0, 0.05) is 12.6 Å². The Bertz CT molecular complexity index is 496. The van der Waals surface area contributed by atoms with Crippen molar-refractivity contribution in [1.29, 1.82) is 0 Å². The molecule has 1 fully saturated rings. The number of nitrogens with one attached hydrogen (secondary N) is 1. The number of carbonyl (C=O) groups is 1. The molecule has 0 heterocycles. The average molecular weight is 292 g/mol. The Hall–Kier alpha value is -1.75. The Morgan fingerprint density at radius 3 is 2.52 bits per heavy atom. The van der Waals surface area contributed by atoms with Gasteiger partial charge in [0.15, 0.2) is 0 Å². The van der Waals surface area contributed by atoms with Gasteiger partial charge in [-0.05, 0) is 25.0 Å². The number of hydrogen-bond donors (Lipinski definition) is 2. The Labute approximate surface area is 125 Å². The summed E-state index contributed by atoms with van der Waals surface area (Å²) in [4.78, 5) is 12.7. The fourth-order valence-electron chi connectivity index (χ4n) is 2.91. The number of anilines is 1. The van der Waals surface area contributed by atoms with Crippen LogP contribution in [0.3, 0.4) is 0 Å². The second kappa shape index (κ2) is 6.80. The smallest absolute Gasteiger partial charge is 0.231 e. The van der Waals surface area contributed by atoms with Gasteiger partial charge in [0.25, 0.3) is 0 Å². The standard InChI is InChI=1S/C16H24N2O3/c1-20-12-6-7-13(14(10-12)21-2)18-15(19)16(11-17)8-4-3-5-9-16/h6-7,10H,3-5,8-9,11,17H2,1-2H3,(H,18,19). The molecule has 0 spiro atoms. The summed E-state index contributed by atoms with van der Waals surface area (Å²) in [7, 11) is 3.17. The van der Waals surface area contributed by atoms with Crippen LogP contribution in [0.1, 0.15) is 32.1 Å². The minimum atomic E-state index is -0.441. The van der Waals surface area contributed by atoms with E-state index in [1.54, 1.807) is 32.4 Å². The summed E-state index contributed by atoms with van der Waals surface area (Å²) >= 11 is 0. The summed E-state index contributed by atoms with van der Waals surface area (Å²) in [6.07, 6.45) is 5.01. The van der Waals surface area contributed by atoms with Gasteiger partial charge in [0.2, 0.25) is 5.91 Å². The quantitative estimate of drug-likeness (QED) is 0.874. The van der Waals surface area contributed by atoms with Crippen molar-refractivity contribution in [2.45, 2.75) is 32.1 Å². The fraction of sp³-hybridized carbons (Fsp3) is 0.562. The molecule has 1 aliphatic carbocycles. The van der Waals surface area contributed by atoms with Gasteiger partial charge in [-0.15, -0.1) is 0 Å². The van der Waals surface area contributed by atoms with Crippen LogP contribution >= 0.6 is 0 Å². The van der Waals surface area contributed by atoms with Gasteiger partial charge in [-0.25, -0.2) is 0 Å². The van der Waals surface area contributed by atoms with Crippen molar-refractivity contribution in [3.05, 3.63) is 18.2 Å². The molecule has 116 valence electrons. The topological polar surface area (TPSA) is 73.6 Å². The lowest BCUT2D eigenvalue weighted by Gasteiger charge is -2.34. The number of carbonyl (C=O) groups excluding carboxylic acids is 1. The highest BCUT2D eigenvalue weighted by Gasteiger charge is 2.38. The van der Waals surface area contributed by atoms with E-state index in [9.17, 15) is 4.79 Å². The van der Waals surface area contributed by atoms with Crippen LogP contribution in [-0.4, -0.2) is 26.7 Å². The molecule has 1 aromatic rings. The van der Waals surface area contributed by atoms with Gasteiger partial charge in [-0.1, -0.05) is 19.3 Å². The van der Waals surface area contributed by atoms with E-state index < -0.39 is 5.41 Å². The van der Waals surface area contributed by atoms with Gasteiger partial charge < -0.3 is 20.5 Å². The molecular formula is C16H24N2O3. The largest absolute Gasteiger partial charge is 0.497 e. The zero-order valence-corrected chi connectivity index (χ0v) is 12.8. The highest BCUT2D eigenvalue weighted by atomic mass is 16.5. The molecule has 1 amide bonds. The van der Waals surface area contributed by atoms with Crippen LogP contribution in [-0.2, 0) is 4.79 Å². The van der Waals surface area contributed by atoms with E-state index in [2.05, 4.69) is 5.32 Å². The van der Waals surface area contributed by atoms with E-state index in [-0.39, 0.29) is 5.91 Å². The minimum absolute atomic E-state index is 0.00633. The molecule has 0 aromatic heterocycles. The van der Waals surface area contributed by atoms with E-state index in [4.69, 9.17) is 15.2 Å². The summed E-state index contributed by atoms with van der Waals surface area (Å²) in [6, 6.07) is 5.35. The number of benzene rings is 1. The van der Waals surface area contributed by atoms with Crippen molar-refractivity contribution in [1.82, 2.24) is 0 Å². The molecule has 0 atom stereocenters. The van der Waals surface area contributed by atoms with E-state index in [0.717, 1.165) is 25.7 Å². The van der Waals surface area contributed by atoms with Gasteiger partial charge >= 0.3 is 0 Å². The second-order valence-electron chi connectivity index (χ2n) is 5.57. The molecule has 1 aliphatic rings. The predicted octanol–water partition coefficient (Wildman–Crippen LogP) is 2.55. The molecule has 0 radical (unpaired) electrons. The van der Waals surface area contributed by atoms with E-state index in [1.807, 2.05) is 0 Å². The summed E-state index contributed by atoms with van der Waals surface area (Å²) in [5.74, 6) is 1.27. The highest BCUT2D eigenvalue weighted by molar-refractivity contribution is 5.96. The zero-order chi connectivity index (χ0) is 15.3. The molecule has 5 heteroatoms. The molecule has 21 heavy (non-hydrogen) atoms. The summed E-state index contributed by atoms with van der Waals surface area (Å²) in [6.45, 7) is 0.386. The van der Waals surface area contributed by atoms with Crippen LogP contribution in [0.5, 0.6) is 11.5 Å². The zero-order valence-electron chi connectivity index (χ0n) is 12.8. The van der Waals surface area contributed by atoms with Gasteiger partial charge in [-0.2, -0.15) is 0 Å². The van der Waals surface area contributed by atoms with Crippen LogP contribution < -0.4 is 20.5 Å². The van der Waals surface area contributed by atoms with Crippen molar-refractivity contribution in [3.63, 3.8) is 0 Å². The maximum Gasteiger partial charge on any atom is 0.231 e. The SMILES string of the molecule is COc1ccc(NC(=O)C2(CN)CCCCC2)c(OC)c1. The molecule has 1 aromatic carbocycles. The molecular weight excluding hydrogens is 268 g/mol. The lowest BCUT2D eigenvalue weighted by atomic mass is 9.73. The van der Waals surface area contributed by atoms with Gasteiger partial charge in [-0.3, -0.25) is 4.79 Å². The first-order chi connectivity index (χ1) is 10.1. The Balaban J connectivity index is 2.18. The molecule has 2 rings (SSSR count). The third-order valence-corrected chi connectivity index (χ3v) is 4.34. The Morgan fingerprint density at radius 1 is 1.24 bits per heavy atom. The molecule has 3 N–H and O–H groups in total. The number of nitrogens with two attached hydrogens (primary N) is 1. The van der Waals surface area contributed by atoms with Crippen LogP contribution in [0.4, 0.5) is 5.69 Å². The van der Waals surface area contributed by atoms with Crippen LogP contribution in [0.25, 0.3) is 0 Å². The average Bonchev–Trinajstić information content (AvgIpc) is 2.55. The number of amides is 1. The van der Waals surface area contributed by atoms with E-state index in [0.29, 0.717) is 23.7 Å². The van der Waals surface area contributed by atoms with Gasteiger partial charge in [0.05, 0.1) is 25.3 Å². The Morgan fingerprint density at radius 2 is 1.95 bits per heavy atom. The lowest BCUT2D eigenvalue weighted by molar-refractivity contribution is -0.126. The third kappa shape index (κ3) is 3.29. The summed E-state index contributed by atoms with van der Waals surface area (Å²) < 4.78 is 10.5. The maximum absolute atomic E-state index is 12.7. The summed E-state index contributed by atoms with van der Waals surface area (Å²) in [5, 5.41) is 2.97. The van der Waals surface area contributed by atoms with Crippen molar-refractivity contribution in [2.24, 2.45) is 11.1 Å². The van der Waals surface area contributed by atoms with Crippen LogP contribution in [0.2, 0.25) is 0 Å². The number of methoxy groups -OCH3 is 2.